The first-order chi connectivity index (χ1) is 15.7. The molecule has 3 aliphatic rings. The van der Waals surface area contributed by atoms with E-state index in [1.165, 1.54) is 18.2 Å². The molecule has 8 heteroatoms. The lowest BCUT2D eigenvalue weighted by Crippen LogP contribution is -2.49. The number of benzene rings is 2. The van der Waals surface area contributed by atoms with Gasteiger partial charge >= 0.3 is 0 Å². The highest BCUT2D eigenvalue weighted by molar-refractivity contribution is 8.02. The molecule has 0 radical (unpaired) electrons. The predicted molar refractivity (Wildman–Crippen MR) is 123 cm³/mol. The molecule has 32 heavy (non-hydrogen) atoms. The summed E-state index contributed by atoms with van der Waals surface area (Å²) in [4.78, 5) is 27.9. The van der Waals surface area contributed by atoms with E-state index >= 15 is 0 Å². The topological polar surface area (TPSA) is 80.1 Å². The van der Waals surface area contributed by atoms with Crippen molar-refractivity contribution in [2.24, 2.45) is 0 Å². The van der Waals surface area contributed by atoms with Gasteiger partial charge in [-0.2, -0.15) is 0 Å². The Kier molecular flexibility index (Phi) is 4.57. The van der Waals surface area contributed by atoms with Crippen molar-refractivity contribution < 1.29 is 9.59 Å². The zero-order valence-corrected chi connectivity index (χ0v) is 18.4. The maximum atomic E-state index is 13.5. The second-order valence-electron chi connectivity index (χ2n) is 8.52. The van der Waals surface area contributed by atoms with Gasteiger partial charge in [0.1, 0.15) is 5.82 Å². The van der Waals surface area contributed by atoms with E-state index in [4.69, 9.17) is 0 Å². The lowest BCUT2D eigenvalue weighted by molar-refractivity contribution is -0.121. The molecule has 7 nitrogen and oxygen atoms in total. The van der Waals surface area contributed by atoms with E-state index in [1.807, 2.05) is 48.5 Å². The number of thioether (sulfide) groups is 1. The summed E-state index contributed by atoms with van der Waals surface area (Å²) >= 11 is 1.47. The molecule has 1 unspecified atom stereocenters. The number of amides is 2. The minimum absolute atomic E-state index is 0.00231. The molecular weight excluding hydrogens is 422 g/mol. The number of hydrogen-bond donors (Lipinski definition) is 1. The van der Waals surface area contributed by atoms with E-state index in [0.29, 0.717) is 18.5 Å². The van der Waals surface area contributed by atoms with Crippen molar-refractivity contribution in [3.05, 3.63) is 54.4 Å². The monoisotopic (exact) mass is 445 g/mol. The molecule has 1 atom stereocenters. The van der Waals surface area contributed by atoms with Gasteiger partial charge in [-0.15, -0.1) is 10.2 Å². The Balaban J connectivity index is 1.30. The van der Waals surface area contributed by atoms with Gasteiger partial charge in [-0.3, -0.25) is 14.5 Å². The van der Waals surface area contributed by atoms with Crippen molar-refractivity contribution >= 4 is 35.0 Å². The number of aryl methyl sites for hydroxylation is 1. The molecule has 0 saturated carbocycles. The molecule has 1 aromatic heterocycles. The van der Waals surface area contributed by atoms with Gasteiger partial charge in [0.05, 0.1) is 5.69 Å². The fourth-order valence-corrected chi connectivity index (χ4v) is 6.38. The highest BCUT2D eigenvalue weighted by Gasteiger charge is 2.57. The number of rotatable bonds is 3. The molecular formula is C24H23N5O2S. The van der Waals surface area contributed by atoms with Crippen LogP contribution in [0.3, 0.4) is 0 Å². The van der Waals surface area contributed by atoms with Gasteiger partial charge in [0.2, 0.25) is 5.91 Å². The summed E-state index contributed by atoms with van der Waals surface area (Å²) in [6.45, 7) is 0.920. The molecule has 1 fully saturated rings. The Morgan fingerprint density at radius 1 is 1.03 bits per heavy atom. The Bertz CT molecular complexity index is 1240. The van der Waals surface area contributed by atoms with Gasteiger partial charge in [-0.05, 0) is 43.5 Å². The lowest BCUT2D eigenvalue weighted by atomic mass is 10.1. The Hall–Kier alpha value is -3.13. The van der Waals surface area contributed by atoms with Crippen LogP contribution in [0.2, 0.25) is 0 Å². The van der Waals surface area contributed by atoms with Gasteiger partial charge in [0.25, 0.3) is 5.91 Å². The van der Waals surface area contributed by atoms with Crippen LogP contribution < -0.4 is 10.2 Å². The minimum atomic E-state index is -0.928. The van der Waals surface area contributed by atoms with Crippen LogP contribution in [0, 0.1) is 0 Å². The molecule has 1 saturated heterocycles. The first-order valence-electron chi connectivity index (χ1n) is 11.1. The average molecular weight is 446 g/mol. The molecule has 162 valence electrons. The van der Waals surface area contributed by atoms with Crippen LogP contribution in [0.15, 0.2) is 53.4 Å². The third-order valence-corrected chi connectivity index (χ3v) is 7.99. The van der Waals surface area contributed by atoms with E-state index in [1.54, 1.807) is 4.90 Å². The summed E-state index contributed by atoms with van der Waals surface area (Å²) in [6, 6.07) is 15.5. The number of nitrogens with one attached hydrogen (secondary N) is 1. The molecule has 2 aromatic carbocycles. The van der Waals surface area contributed by atoms with Crippen molar-refractivity contribution in [2.45, 2.75) is 54.8 Å². The van der Waals surface area contributed by atoms with Crippen LogP contribution >= 0.6 is 11.8 Å². The number of carbonyl (C=O) groups is 2. The van der Waals surface area contributed by atoms with Crippen molar-refractivity contribution in [2.75, 3.05) is 10.2 Å². The van der Waals surface area contributed by atoms with Crippen molar-refractivity contribution in [1.82, 2.24) is 14.8 Å². The van der Waals surface area contributed by atoms with Gasteiger partial charge < -0.3 is 9.88 Å². The van der Waals surface area contributed by atoms with Crippen LogP contribution in [0.4, 0.5) is 11.4 Å². The molecule has 0 bridgehead atoms. The van der Waals surface area contributed by atoms with Gasteiger partial charge in [0.15, 0.2) is 10.7 Å². The quantitative estimate of drug-likeness (QED) is 0.652. The number of nitrogens with zero attached hydrogens (tertiary/aromatic N) is 4. The molecule has 3 aromatic rings. The highest BCUT2D eigenvalue weighted by atomic mass is 32.2. The second-order valence-corrected chi connectivity index (χ2v) is 9.84. The van der Waals surface area contributed by atoms with Crippen molar-refractivity contribution in [3.63, 3.8) is 0 Å². The summed E-state index contributed by atoms with van der Waals surface area (Å²) in [5, 5.41) is 11.9. The van der Waals surface area contributed by atoms with Crippen molar-refractivity contribution in [3.8, 4) is 11.4 Å². The predicted octanol–water partition coefficient (Wildman–Crippen LogP) is 4.24. The fourth-order valence-electron chi connectivity index (χ4n) is 4.96. The summed E-state index contributed by atoms with van der Waals surface area (Å²) in [7, 11) is 0. The van der Waals surface area contributed by atoms with E-state index in [0.717, 1.165) is 53.6 Å². The Morgan fingerprint density at radius 2 is 1.94 bits per heavy atom. The van der Waals surface area contributed by atoms with Gasteiger partial charge in [-0.25, -0.2) is 0 Å². The largest absolute Gasteiger partial charge is 0.323 e. The standard InChI is InChI=1S/C24H23N5O2S/c30-21-12-13-24(29(21)18-9-3-4-10-19(18)32-24)23(31)25-17-8-6-7-16(15-17)22-27-26-20-11-2-1-5-14-28(20)22/h3-4,6-10,15H,1-2,5,11-14H2,(H,25,31). The third kappa shape index (κ3) is 2.97. The molecule has 2 amide bonds. The molecule has 1 N–H and O–H groups in total. The van der Waals surface area contributed by atoms with Crippen LogP contribution in [-0.4, -0.2) is 31.4 Å². The number of fused-ring (bicyclic) bond motifs is 4. The molecule has 6 rings (SSSR count). The zero-order valence-electron chi connectivity index (χ0n) is 17.6. The number of para-hydroxylation sites is 1. The number of anilines is 2. The molecule has 4 heterocycles. The van der Waals surface area contributed by atoms with Crippen molar-refractivity contribution in [1.29, 1.82) is 0 Å². The third-order valence-electron chi connectivity index (χ3n) is 6.52. The number of carbonyl (C=O) groups excluding carboxylic acids is 2. The van der Waals surface area contributed by atoms with Crippen LogP contribution in [-0.2, 0) is 22.6 Å². The second kappa shape index (κ2) is 7.48. The Labute approximate surface area is 190 Å². The smallest absolute Gasteiger partial charge is 0.261 e. The van der Waals surface area contributed by atoms with E-state index in [2.05, 4.69) is 20.1 Å². The first kappa shape index (κ1) is 19.5. The van der Waals surface area contributed by atoms with Crippen LogP contribution in [0.5, 0.6) is 0 Å². The summed E-state index contributed by atoms with van der Waals surface area (Å²) < 4.78 is 2.20. The minimum Gasteiger partial charge on any atom is -0.323 e. The lowest BCUT2D eigenvalue weighted by Gasteiger charge is -2.29. The van der Waals surface area contributed by atoms with E-state index in [-0.39, 0.29) is 11.8 Å². The summed E-state index contributed by atoms with van der Waals surface area (Å²) in [5.41, 5.74) is 2.46. The molecule has 0 aliphatic carbocycles. The zero-order chi connectivity index (χ0) is 21.7. The van der Waals surface area contributed by atoms with Crippen LogP contribution in [0.25, 0.3) is 11.4 Å². The van der Waals surface area contributed by atoms with Gasteiger partial charge in [0, 0.05) is 35.5 Å². The summed E-state index contributed by atoms with van der Waals surface area (Å²) in [6.07, 6.45) is 5.29. The maximum absolute atomic E-state index is 13.5. The van der Waals surface area contributed by atoms with E-state index < -0.39 is 4.87 Å². The highest BCUT2D eigenvalue weighted by Crippen LogP contribution is 2.56. The van der Waals surface area contributed by atoms with E-state index in [9.17, 15) is 9.59 Å². The average Bonchev–Trinajstić information content (AvgIpc) is 3.41. The Morgan fingerprint density at radius 3 is 2.88 bits per heavy atom. The molecule has 0 spiro atoms. The number of hydrogen-bond acceptors (Lipinski definition) is 5. The fraction of sp³-hybridized carbons (Fsp3) is 0.333. The van der Waals surface area contributed by atoms with Crippen LogP contribution in [0.1, 0.15) is 37.9 Å². The summed E-state index contributed by atoms with van der Waals surface area (Å²) in [5.74, 6) is 1.71. The normalized spacial score (nSPS) is 21.6. The maximum Gasteiger partial charge on any atom is 0.261 e. The number of aromatic nitrogens is 3. The SMILES string of the molecule is O=C1CCC2(C(=O)Nc3cccc(-c4nnc5n4CCCCC5)c3)Sc3ccccc3N12. The first-order valence-corrected chi connectivity index (χ1v) is 11.9. The van der Waals surface area contributed by atoms with Gasteiger partial charge in [-0.1, -0.05) is 42.4 Å². The molecule has 3 aliphatic heterocycles.